The normalized spacial score (nSPS) is 14.7. The highest BCUT2D eigenvalue weighted by molar-refractivity contribution is 9.10. The van der Waals surface area contributed by atoms with E-state index in [1.54, 1.807) is 24.3 Å². The zero-order valence-corrected chi connectivity index (χ0v) is 18.9. The van der Waals surface area contributed by atoms with Gasteiger partial charge < -0.3 is 19.7 Å². The number of carbonyl (C=O) groups is 4. The number of carboxylic acids is 2. The number of carbonyl (C=O) groups excluding carboxylic acids is 2. The molecule has 1 heterocycles. The van der Waals surface area contributed by atoms with Gasteiger partial charge in [0.15, 0.2) is 11.5 Å². The summed E-state index contributed by atoms with van der Waals surface area (Å²) in [6.45, 7) is -0.617. The second-order valence-corrected chi connectivity index (χ2v) is 8.34. The molecule has 1 saturated heterocycles. The largest absolute Gasteiger partial charge is 0.493 e. The first-order valence-electron chi connectivity index (χ1n) is 8.99. The minimum absolute atomic E-state index is 0.0868. The van der Waals surface area contributed by atoms with Gasteiger partial charge in [-0.05, 0) is 69.2 Å². The second kappa shape index (κ2) is 9.88. The van der Waals surface area contributed by atoms with E-state index in [9.17, 15) is 19.2 Å². The zero-order chi connectivity index (χ0) is 23.4. The predicted octanol–water partition coefficient (Wildman–Crippen LogP) is 3.86. The maximum Gasteiger partial charge on any atom is 0.335 e. The molecular weight excluding hydrogens is 506 g/mol. The third kappa shape index (κ3) is 5.29. The van der Waals surface area contributed by atoms with Crippen molar-refractivity contribution in [1.29, 1.82) is 0 Å². The minimum Gasteiger partial charge on any atom is -0.493 e. The van der Waals surface area contributed by atoms with Crippen LogP contribution in [0.5, 0.6) is 11.5 Å². The van der Waals surface area contributed by atoms with Crippen molar-refractivity contribution in [2.45, 2.75) is 6.61 Å². The van der Waals surface area contributed by atoms with Gasteiger partial charge in [0.2, 0.25) is 0 Å². The first-order valence-corrected chi connectivity index (χ1v) is 10.6. The molecular formula is C21H16BrNO8S. The van der Waals surface area contributed by atoms with Crippen molar-refractivity contribution in [3.63, 3.8) is 0 Å². The Morgan fingerprint density at radius 2 is 1.94 bits per heavy atom. The van der Waals surface area contributed by atoms with Crippen LogP contribution in [0.1, 0.15) is 21.5 Å². The lowest BCUT2D eigenvalue weighted by molar-refractivity contribution is -0.140. The third-order valence-corrected chi connectivity index (χ3v) is 5.77. The van der Waals surface area contributed by atoms with Gasteiger partial charge in [0.1, 0.15) is 13.2 Å². The molecule has 2 aromatic rings. The number of carboxylic acid groups (broad SMARTS) is 2. The summed E-state index contributed by atoms with van der Waals surface area (Å²) in [5.74, 6) is -2.30. The van der Waals surface area contributed by atoms with Crippen molar-refractivity contribution in [3.8, 4) is 11.5 Å². The maximum atomic E-state index is 12.3. The van der Waals surface area contributed by atoms with Gasteiger partial charge in [-0.2, -0.15) is 0 Å². The fraction of sp³-hybridized carbons (Fsp3) is 0.143. The van der Waals surface area contributed by atoms with Crippen molar-refractivity contribution in [1.82, 2.24) is 4.90 Å². The van der Waals surface area contributed by atoms with E-state index in [4.69, 9.17) is 19.7 Å². The molecule has 0 aliphatic carbocycles. The summed E-state index contributed by atoms with van der Waals surface area (Å²) in [6.07, 6.45) is 1.46. The number of benzene rings is 2. The molecule has 166 valence electrons. The summed E-state index contributed by atoms with van der Waals surface area (Å²) in [5.41, 5.74) is 1.31. The summed E-state index contributed by atoms with van der Waals surface area (Å²) >= 11 is 4.05. The predicted molar refractivity (Wildman–Crippen MR) is 119 cm³/mol. The van der Waals surface area contributed by atoms with Crippen molar-refractivity contribution in [2.75, 3.05) is 13.7 Å². The molecule has 1 fully saturated rings. The summed E-state index contributed by atoms with van der Waals surface area (Å²) in [5, 5.41) is 17.3. The van der Waals surface area contributed by atoms with Gasteiger partial charge in [-0.15, -0.1) is 0 Å². The van der Waals surface area contributed by atoms with Crippen LogP contribution in [0.15, 0.2) is 45.8 Å². The number of rotatable bonds is 8. The second-order valence-electron chi connectivity index (χ2n) is 6.49. The maximum absolute atomic E-state index is 12.3. The first-order chi connectivity index (χ1) is 15.2. The number of ether oxygens (including phenoxy) is 2. The quantitative estimate of drug-likeness (QED) is 0.497. The van der Waals surface area contributed by atoms with Crippen molar-refractivity contribution < 1.29 is 38.9 Å². The van der Waals surface area contributed by atoms with Crippen LogP contribution in [0.3, 0.4) is 0 Å². The molecule has 2 aromatic carbocycles. The molecule has 0 aromatic heterocycles. The Kier molecular flexibility index (Phi) is 7.21. The number of hydrogen-bond donors (Lipinski definition) is 2. The van der Waals surface area contributed by atoms with Crippen molar-refractivity contribution in [2.24, 2.45) is 0 Å². The van der Waals surface area contributed by atoms with Gasteiger partial charge in [0.05, 0.1) is 22.1 Å². The molecule has 0 atom stereocenters. The Bertz CT molecular complexity index is 1150. The van der Waals surface area contributed by atoms with E-state index < -0.39 is 29.6 Å². The van der Waals surface area contributed by atoms with Gasteiger partial charge in [-0.1, -0.05) is 12.1 Å². The van der Waals surface area contributed by atoms with Crippen LogP contribution in [0.25, 0.3) is 6.08 Å². The molecule has 0 saturated carbocycles. The highest BCUT2D eigenvalue weighted by atomic mass is 79.9. The topological polar surface area (TPSA) is 130 Å². The standard InChI is InChI=1S/C21H16BrNO8S/c1-30-15-7-12(8-16-19(26)23(9-17(24)25)21(29)32-16)6-14(22)18(15)31-10-11-3-2-4-13(5-11)20(27)28/h2-8H,9-10H2,1H3,(H,24,25)(H,27,28)/b16-8+. The molecule has 9 nitrogen and oxygen atoms in total. The lowest BCUT2D eigenvalue weighted by atomic mass is 10.1. The molecule has 2 amide bonds. The molecule has 11 heteroatoms. The minimum atomic E-state index is -1.28. The molecule has 0 unspecified atom stereocenters. The summed E-state index contributed by atoms with van der Waals surface area (Å²) in [6, 6.07) is 9.58. The molecule has 1 aliphatic rings. The SMILES string of the molecule is COc1cc(/C=C2/SC(=O)N(CC(=O)O)C2=O)cc(Br)c1OCc1cccc(C(=O)O)c1. The zero-order valence-electron chi connectivity index (χ0n) is 16.5. The number of hydrogen-bond acceptors (Lipinski definition) is 7. The van der Waals surface area contributed by atoms with Crippen LogP contribution in [0.4, 0.5) is 4.79 Å². The van der Waals surface area contributed by atoms with Gasteiger partial charge in [-0.3, -0.25) is 19.3 Å². The monoisotopic (exact) mass is 521 g/mol. The first kappa shape index (κ1) is 23.4. The number of amides is 2. The Balaban J connectivity index is 1.82. The molecule has 0 radical (unpaired) electrons. The van der Waals surface area contributed by atoms with E-state index in [1.807, 2.05) is 0 Å². The average Bonchev–Trinajstić information content (AvgIpc) is 2.99. The number of aromatic carboxylic acids is 1. The van der Waals surface area contributed by atoms with E-state index in [2.05, 4.69) is 15.9 Å². The highest BCUT2D eigenvalue weighted by Crippen LogP contribution is 2.39. The number of thioether (sulfide) groups is 1. The lowest BCUT2D eigenvalue weighted by Crippen LogP contribution is -2.33. The van der Waals surface area contributed by atoms with E-state index >= 15 is 0 Å². The number of imide groups is 1. The molecule has 0 spiro atoms. The van der Waals surface area contributed by atoms with E-state index in [-0.39, 0.29) is 17.1 Å². The molecule has 32 heavy (non-hydrogen) atoms. The molecule has 3 rings (SSSR count). The van der Waals surface area contributed by atoms with Gasteiger partial charge in [0, 0.05) is 0 Å². The summed E-state index contributed by atoms with van der Waals surface area (Å²) < 4.78 is 11.7. The molecule has 2 N–H and O–H groups in total. The van der Waals surface area contributed by atoms with Gasteiger partial charge in [-0.25, -0.2) is 4.79 Å². The Morgan fingerprint density at radius 3 is 2.59 bits per heavy atom. The number of nitrogens with zero attached hydrogens (tertiary/aromatic N) is 1. The average molecular weight is 522 g/mol. The fourth-order valence-electron chi connectivity index (χ4n) is 2.84. The summed E-state index contributed by atoms with van der Waals surface area (Å²) in [4.78, 5) is 47.0. The van der Waals surface area contributed by atoms with E-state index in [0.29, 0.717) is 43.8 Å². The van der Waals surface area contributed by atoms with Crippen LogP contribution in [0, 0.1) is 0 Å². The van der Waals surface area contributed by atoms with E-state index in [1.165, 1.54) is 25.3 Å². The highest BCUT2D eigenvalue weighted by Gasteiger charge is 2.36. The van der Waals surface area contributed by atoms with Crippen molar-refractivity contribution in [3.05, 3.63) is 62.5 Å². The summed E-state index contributed by atoms with van der Waals surface area (Å²) in [7, 11) is 1.43. The Labute approximate surface area is 194 Å². The van der Waals surface area contributed by atoms with Crippen LogP contribution in [-0.2, 0) is 16.2 Å². The van der Waals surface area contributed by atoms with Crippen LogP contribution < -0.4 is 9.47 Å². The number of halogens is 1. The van der Waals surface area contributed by atoms with Crippen molar-refractivity contribution >= 4 is 56.9 Å². The Hall–Kier alpha value is -3.31. The number of methoxy groups -OCH3 is 1. The van der Waals surface area contributed by atoms with E-state index in [0.717, 1.165) is 0 Å². The number of aliphatic carboxylic acids is 1. The van der Waals surface area contributed by atoms with Gasteiger partial charge in [0.25, 0.3) is 11.1 Å². The fourth-order valence-corrected chi connectivity index (χ4v) is 4.25. The van der Waals surface area contributed by atoms with Crippen LogP contribution in [-0.4, -0.2) is 51.9 Å². The van der Waals surface area contributed by atoms with Gasteiger partial charge >= 0.3 is 11.9 Å². The smallest absolute Gasteiger partial charge is 0.335 e. The molecule has 0 bridgehead atoms. The Morgan fingerprint density at radius 1 is 1.19 bits per heavy atom. The van der Waals surface area contributed by atoms with Crippen LogP contribution in [0.2, 0.25) is 0 Å². The lowest BCUT2D eigenvalue weighted by Gasteiger charge is -2.14. The van der Waals surface area contributed by atoms with Crippen LogP contribution >= 0.6 is 27.7 Å². The molecule has 1 aliphatic heterocycles. The third-order valence-electron chi connectivity index (χ3n) is 4.27.